The fourth-order valence-corrected chi connectivity index (χ4v) is 4.71. The van der Waals surface area contributed by atoms with Gasteiger partial charge in [-0.1, -0.05) is 12.8 Å². The van der Waals surface area contributed by atoms with Crippen LogP contribution in [0.2, 0.25) is 0 Å². The highest BCUT2D eigenvalue weighted by atomic mass is 15.3. The zero-order chi connectivity index (χ0) is 17.6. The van der Waals surface area contributed by atoms with Crippen LogP contribution in [0.3, 0.4) is 0 Å². The van der Waals surface area contributed by atoms with Crippen LogP contribution in [0.5, 0.6) is 0 Å². The molecule has 2 saturated carbocycles. The van der Waals surface area contributed by atoms with Crippen molar-refractivity contribution in [3.8, 4) is 0 Å². The molecule has 3 N–H and O–H groups in total. The van der Waals surface area contributed by atoms with E-state index in [9.17, 15) is 0 Å². The molecule has 1 aliphatic heterocycles. The van der Waals surface area contributed by atoms with Gasteiger partial charge in [0.1, 0.15) is 5.82 Å². The molecule has 26 heavy (non-hydrogen) atoms. The highest BCUT2D eigenvalue weighted by Gasteiger charge is 2.50. The second-order valence-corrected chi connectivity index (χ2v) is 8.33. The number of H-pyrrole nitrogens is 1. The number of hydrogen-bond donors (Lipinski definition) is 3. The summed E-state index contributed by atoms with van der Waals surface area (Å²) in [5.74, 6) is 3.05. The minimum Gasteiger partial charge on any atom is -0.341 e. The maximum atomic E-state index is 4.70. The van der Waals surface area contributed by atoms with Crippen LogP contribution in [0.4, 0.5) is 17.6 Å². The molecule has 1 saturated heterocycles. The van der Waals surface area contributed by atoms with Gasteiger partial charge in [-0.05, 0) is 37.2 Å². The predicted molar refractivity (Wildman–Crippen MR) is 102 cm³/mol. The van der Waals surface area contributed by atoms with E-state index in [1.165, 1.54) is 57.3 Å². The fourth-order valence-electron chi connectivity index (χ4n) is 4.71. The van der Waals surface area contributed by atoms with Crippen molar-refractivity contribution in [3.63, 3.8) is 0 Å². The first-order valence-corrected chi connectivity index (χ1v) is 9.80. The van der Waals surface area contributed by atoms with E-state index in [2.05, 4.69) is 43.8 Å². The first-order valence-electron chi connectivity index (χ1n) is 9.80. The third-order valence-electron chi connectivity index (χ3n) is 6.49. The Morgan fingerprint density at radius 1 is 1.19 bits per heavy atom. The first kappa shape index (κ1) is 16.1. The second-order valence-electron chi connectivity index (χ2n) is 8.33. The molecule has 0 radical (unpaired) electrons. The molecule has 0 amide bonds. The van der Waals surface area contributed by atoms with Crippen LogP contribution in [-0.2, 0) is 0 Å². The third-order valence-corrected chi connectivity index (χ3v) is 6.49. The number of aromatic amines is 1. The van der Waals surface area contributed by atoms with Crippen molar-refractivity contribution in [1.29, 1.82) is 0 Å². The summed E-state index contributed by atoms with van der Waals surface area (Å²) in [5, 5.41) is 14.3. The van der Waals surface area contributed by atoms with Crippen molar-refractivity contribution in [2.45, 2.75) is 50.5 Å². The topological polar surface area (TPSA) is 81.8 Å². The van der Waals surface area contributed by atoms with Crippen LogP contribution in [0.1, 0.15) is 50.1 Å². The van der Waals surface area contributed by atoms with Crippen molar-refractivity contribution in [3.05, 3.63) is 24.0 Å². The Labute approximate surface area is 154 Å². The molecule has 0 atom stereocenters. The number of aromatic nitrogens is 4. The second kappa shape index (κ2) is 6.23. The van der Waals surface area contributed by atoms with Crippen LogP contribution >= 0.6 is 0 Å². The summed E-state index contributed by atoms with van der Waals surface area (Å²) in [7, 11) is 2.11. The molecule has 5 rings (SSSR count). The molecular weight excluding hydrogens is 326 g/mol. The van der Waals surface area contributed by atoms with Gasteiger partial charge in [0, 0.05) is 50.1 Å². The molecule has 3 fully saturated rings. The molecule has 1 spiro atoms. The van der Waals surface area contributed by atoms with Gasteiger partial charge in [-0.25, -0.2) is 4.98 Å². The first-order chi connectivity index (χ1) is 12.7. The standard InChI is InChI=1S/C19H27N7/c1-26(14-9-19(10-14)11-20-12-19)18-21-7-6-16(23-18)22-17-8-15(24-25-17)13-4-2-3-5-13/h6-8,13-14,20H,2-5,9-12H2,1H3,(H2,21,22,23,24,25). The normalized spacial score (nSPS) is 22.2. The van der Waals surface area contributed by atoms with Crippen molar-refractivity contribution in [2.75, 3.05) is 30.4 Å². The largest absolute Gasteiger partial charge is 0.341 e. The summed E-state index contributed by atoms with van der Waals surface area (Å²) in [6.07, 6.45) is 9.48. The van der Waals surface area contributed by atoms with Crippen molar-refractivity contribution in [1.82, 2.24) is 25.5 Å². The van der Waals surface area contributed by atoms with Gasteiger partial charge in [-0.3, -0.25) is 5.10 Å². The number of anilines is 3. The summed E-state index contributed by atoms with van der Waals surface area (Å²) < 4.78 is 0. The van der Waals surface area contributed by atoms with E-state index >= 15 is 0 Å². The van der Waals surface area contributed by atoms with E-state index in [4.69, 9.17) is 4.98 Å². The van der Waals surface area contributed by atoms with Gasteiger partial charge in [0.2, 0.25) is 5.95 Å². The van der Waals surface area contributed by atoms with Gasteiger partial charge >= 0.3 is 0 Å². The molecule has 7 nitrogen and oxygen atoms in total. The van der Waals surface area contributed by atoms with Gasteiger partial charge < -0.3 is 15.5 Å². The average Bonchev–Trinajstić information content (AvgIpc) is 3.23. The molecule has 0 unspecified atom stereocenters. The Hall–Kier alpha value is -2.15. The zero-order valence-electron chi connectivity index (χ0n) is 15.3. The number of nitrogens with one attached hydrogen (secondary N) is 3. The molecule has 138 valence electrons. The lowest BCUT2D eigenvalue weighted by atomic mass is 9.61. The van der Waals surface area contributed by atoms with Crippen molar-refractivity contribution in [2.24, 2.45) is 5.41 Å². The summed E-state index contributed by atoms with van der Waals surface area (Å²) in [6.45, 7) is 2.34. The highest BCUT2D eigenvalue weighted by Crippen LogP contribution is 2.46. The third kappa shape index (κ3) is 2.84. The van der Waals surface area contributed by atoms with Crippen LogP contribution < -0.4 is 15.5 Å². The number of hydrogen-bond acceptors (Lipinski definition) is 6. The number of rotatable bonds is 5. The smallest absolute Gasteiger partial charge is 0.227 e. The molecule has 0 bridgehead atoms. The Kier molecular flexibility index (Phi) is 3.85. The van der Waals surface area contributed by atoms with Crippen LogP contribution in [0.15, 0.2) is 18.3 Å². The molecule has 2 aromatic heterocycles. The van der Waals surface area contributed by atoms with Gasteiger partial charge in [0.25, 0.3) is 0 Å². The minimum atomic E-state index is 0.548. The van der Waals surface area contributed by atoms with Crippen LogP contribution in [-0.4, -0.2) is 46.3 Å². The summed E-state index contributed by atoms with van der Waals surface area (Å²) in [5.41, 5.74) is 1.80. The molecule has 3 aliphatic rings. The summed E-state index contributed by atoms with van der Waals surface area (Å²) in [4.78, 5) is 11.4. The monoisotopic (exact) mass is 353 g/mol. The Morgan fingerprint density at radius 3 is 2.73 bits per heavy atom. The van der Waals surface area contributed by atoms with E-state index in [-0.39, 0.29) is 0 Å². The molecular formula is C19H27N7. The molecule has 0 aromatic carbocycles. The lowest BCUT2D eigenvalue weighted by Gasteiger charge is -2.56. The molecule has 7 heteroatoms. The summed E-state index contributed by atoms with van der Waals surface area (Å²) >= 11 is 0. The van der Waals surface area contributed by atoms with Crippen LogP contribution in [0.25, 0.3) is 0 Å². The maximum Gasteiger partial charge on any atom is 0.227 e. The zero-order valence-corrected chi connectivity index (χ0v) is 15.3. The average molecular weight is 353 g/mol. The van der Waals surface area contributed by atoms with Crippen LogP contribution in [0, 0.1) is 5.41 Å². The molecule has 3 heterocycles. The Balaban J connectivity index is 1.25. The van der Waals surface area contributed by atoms with Gasteiger partial charge in [-0.15, -0.1) is 0 Å². The predicted octanol–water partition coefficient (Wildman–Crippen LogP) is 2.79. The highest BCUT2D eigenvalue weighted by molar-refractivity contribution is 5.53. The van der Waals surface area contributed by atoms with Gasteiger partial charge in [0.15, 0.2) is 5.82 Å². The minimum absolute atomic E-state index is 0.548. The molecule has 2 aromatic rings. The van der Waals surface area contributed by atoms with E-state index in [0.717, 1.165) is 17.6 Å². The van der Waals surface area contributed by atoms with Gasteiger partial charge in [0.05, 0.1) is 0 Å². The quantitative estimate of drug-likeness (QED) is 0.767. The lowest BCUT2D eigenvalue weighted by molar-refractivity contribution is 0.0369. The van der Waals surface area contributed by atoms with E-state index in [1.807, 2.05) is 12.3 Å². The number of nitrogens with zero attached hydrogens (tertiary/aromatic N) is 4. The fraction of sp³-hybridized carbons (Fsp3) is 0.632. The van der Waals surface area contributed by atoms with Crippen molar-refractivity contribution < 1.29 is 0 Å². The lowest BCUT2D eigenvalue weighted by Crippen LogP contribution is -2.65. The SMILES string of the molecule is CN(c1nccc(Nc2cc(C3CCCC3)[nH]n2)n1)C1CC2(CNC2)C1. The van der Waals surface area contributed by atoms with E-state index in [0.29, 0.717) is 17.4 Å². The summed E-state index contributed by atoms with van der Waals surface area (Å²) in [6, 6.07) is 4.58. The maximum absolute atomic E-state index is 4.70. The van der Waals surface area contributed by atoms with Gasteiger partial charge in [-0.2, -0.15) is 10.1 Å². The Morgan fingerprint density at radius 2 is 2.00 bits per heavy atom. The van der Waals surface area contributed by atoms with E-state index in [1.54, 1.807) is 0 Å². The van der Waals surface area contributed by atoms with Crippen molar-refractivity contribution >= 4 is 17.6 Å². The molecule has 2 aliphatic carbocycles. The van der Waals surface area contributed by atoms with E-state index < -0.39 is 0 Å². The Bertz CT molecular complexity index is 768.